The summed E-state index contributed by atoms with van der Waals surface area (Å²) < 4.78 is 11.2. The van der Waals surface area contributed by atoms with E-state index in [4.69, 9.17) is 14.3 Å². The number of hydrogen-bond donors (Lipinski definition) is 0. The van der Waals surface area contributed by atoms with Crippen LogP contribution in [-0.4, -0.2) is 61.4 Å². The van der Waals surface area contributed by atoms with Gasteiger partial charge in [-0.15, -0.1) is 0 Å². The largest absolute Gasteiger partial charge is 0.497 e. The number of piperidine rings is 1. The minimum atomic E-state index is -0.0503. The molecule has 3 aliphatic rings. The van der Waals surface area contributed by atoms with Gasteiger partial charge in [0.15, 0.2) is 0 Å². The Labute approximate surface area is 154 Å². The molecule has 142 valence electrons. The normalized spacial score (nSPS) is 29.4. The van der Waals surface area contributed by atoms with Gasteiger partial charge >= 0.3 is 0 Å². The van der Waals surface area contributed by atoms with Gasteiger partial charge in [-0.3, -0.25) is 14.5 Å². The summed E-state index contributed by atoms with van der Waals surface area (Å²) in [5.74, 6) is 0.939. The fraction of sp³-hybridized carbons (Fsp3) is 0.650. The number of methoxy groups -OCH3 is 1. The average molecular weight is 360 g/mol. The lowest BCUT2D eigenvalue weighted by Gasteiger charge is -2.41. The highest BCUT2D eigenvalue weighted by Gasteiger charge is 2.43. The summed E-state index contributed by atoms with van der Waals surface area (Å²) >= 11 is 0. The van der Waals surface area contributed by atoms with Crippen LogP contribution in [0.2, 0.25) is 0 Å². The van der Waals surface area contributed by atoms with Crippen molar-refractivity contribution in [2.45, 2.75) is 44.4 Å². The maximum atomic E-state index is 12.9. The Bertz CT molecular complexity index is 615. The van der Waals surface area contributed by atoms with E-state index in [1.165, 1.54) is 5.56 Å². The third-order valence-electron chi connectivity index (χ3n) is 5.76. The average Bonchev–Trinajstić information content (AvgIpc) is 3.17. The molecule has 0 aromatic heterocycles. The SMILES string of the molecule is COc1ccc(CN2C[C@H](C(=O)N3CCCCO3)C[C@@H]3OCC[C@@H]32)cc1. The summed E-state index contributed by atoms with van der Waals surface area (Å²) in [4.78, 5) is 20.9. The summed E-state index contributed by atoms with van der Waals surface area (Å²) in [5, 5.41) is 1.59. The van der Waals surface area contributed by atoms with Gasteiger partial charge in [0.2, 0.25) is 0 Å². The van der Waals surface area contributed by atoms with Crippen molar-refractivity contribution >= 4 is 5.91 Å². The quantitative estimate of drug-likeness (QED) is 0.824. The highest BCUT2D eigenvalue weighted by molar-refractivity contribution is 5.78. The van der Waals surface area contributed by atoms with Crippen molar-refractivity contribution in [3.05, 3.63) is 29.8 Å². The Hall–Kier alpha value is -1.63. The van der Waals surface area contributed by atoms with Gasteiger partial charge in [0.25, 0.3) is 5.91 Å². The number of ether oxygens (including phenoxy) is 2. The van der Waals surface area contributed by atoms with Gasteiger partial charge in [0.05, 0.1) is 25.7 Å². The first-order valence-corrected chi connectivity index (χ1v) is 9.67. The van der Waals surface area contributed by atoms with E-state index in [1.54, 1.807) is 12.2 Å². The Morgan fingerprint density at radius 2 is 2.08 bits per heavy atom. The maximum Gasteiger partial charge on any atom is 0.250 e. The van der Waals surface area contributed by atoms with Crippen LogP contribution in [0.4, 0.5) is 0 Å². The summed E-state index contributed by atoms with van der Waals surface area (Å²) in [6.07, 6.45) is 4.06. The second-order valence-corrected chi connectivity index (χ2v) is 7.46. The van der Waals surface area contributed by atoms with Gasteiger partial charge < -0.3 is 9.47 Å². The number of benzene rings is 1. The molecule has 3 fully saturated rings. The molecule has 3 heterocycles. The molecule has 0 N–H and O–H groups in total. The topological polar surface area (TPSA) is 51.2 Å². The van der Waals surface area contributed by atoms with E-state index < -0.39 is 0 Å². The van der Waals surface area contributed by atoms with Crippen molar-refractivity contribution < 1.29 is 19.1 Å². The standard InChI is InChI=1S/C20H28N2O4/c1-24-17-6-4-15(5-7-17)13-21-14-16(12-19-18(21)8-11-25-19)20(23)22-9-2-3-10-26-22/h4-7,16,18-19H,2-3,8-14H2,1H3/t16-,18+,19+/m1/s1. The lowest BCUT2D eigenvalue weighted by atomic mass is 9.89. The van der Waals surface area contributed by atoms with Gasteiger partial charge in [-0.25, -0.2) is 5.06 Å². The van der Waals surface area contributed by atoms with Crippen molar-refractivity contribution in [1.82, 2.24) is 9.96 Å². The smallest absolute Gasteiger partial charge is 0.250 e. The first-order chi connectivity index (χ1) is 12.7. The van der Waals surface area contributed by atoms with E-state index in [0.717, 1.165) is 51.1 Å². The molecule has 3 saturated heterocycles. The Kier molecular flexibility index (Phi) is 5.43. The number of likely N-dealkylation sites (tertiary alicyclic amines) is 1. The van der Waals surface area contributed by atoms with Crippen LogP contribution < -0.4 is 4.74 Å². The number of hydroxylamine groups is 2. The molecule has 3 aliphatic heterocycles. The first kappa shape index (κ1) is 17.8. The zero-order valence-corrected chi connectivity index (χ0v) is 15.4. The third-order valence-corrected chi connectivity index (χ3v) is 5.76. The number of rotatable bonds is 4. The molecule has 1 aromatic carbocycles. The van der Waals surface area contributed by atoms with Crippen molar-refractivity contribution in [1.29, 1.82) is 0 Å². The van der Waals surface area contributed by atoms with Crippen molar-refractivity contribution in [2.75, 3.05) is 33.4 Å². The molecule has 4 rings (SSSR count). The van der Waals surface area contributed by atoms with Gasteiger partial charge in [-0.2, -0.15) is 0 Å². The molecule has 26 heavy (non-hydrogen) atoms. The Balaban J connectivity index is 1.46. The molecule has 0 radical (unpaired) electrons. The van der Waals surface area contributed by atoms with Gasteiger partial charge in [-0.1, -0.05) is 12.1 Å². The van der Waals surface area contributed by atoms with Crippen LogP contribution in [0.1, 0.15) is 31.2 Å². The monoisotopic (exact) mass is 360 g/mol. The molecule has 6 nitrogen and oxygen atoms in total. The number of amides is 1. The van der Waals surface area contributed by atoms with Crippen LogP contribution in [0, 0.1) is 5.92 Å². The summed E-state index contributed by atoms with van der Waals surface area (Å²) in [5.41, 5.74) is 1.23. The highest BCUT2D eigenvalue weighted by Crippen LogP contribution is 2.33. The van der Waals surface area contributed by atoms with Crippen molar-refractivity contribution in [3.63, 3.8) is 0 Å². The molecule has 0 bridgehead atoms. The summed E-state index contributed by atoms with van der Waals surface area (Å²) in [6, 6.07) is 8.59. The fourth-order valence-electron chi connectivity index (χ4n) is 4.35. The minimum Gasteiger partial charge on any atom is -0.497 e. The van der Waals surface area contributed by atoms with Crippen LogP contribution in [0.25, 0.3) is 0 Å². The molecule has 6 heteroatoms. The zero-order chi connectivity index (χ0) is 17.9. The number of hydrogen-bond acceptors (Lipinski definition) is 5. The maximum absolute atomic E-state index is 12.9. The molecule has 0 unspecified atom stereocenters. The van der Waals surface area contributed by atoms with E-state index in [-0.39, 0.29) is 17.9 Å². The van der Waals surface area contributed by atoms with Gasteiger partial charge in [0, 0.05) is 32.3 Å². The van der Waals surface area contributed by atoms with Crippen molar-refractivity contribution in [3.8, 4) is 5.75 Å². The fourth-order valence-corrected chi connectivity index (χ4v) is 4.35. The van der Waals surface area contributed by atoms with E-state index >= 15 is 0 Å². The van der Waals surface area contributed by atoms with Gasteiger partial charge in [0.1, 0.15) is 5.75 Å². The van der Waals surface area contributed by atoms with Gasteiger partial charge in [-0.05, 0) is 43.4 Å². The third kappa shape index (κ3) is 3.72. The molecular weight excluding hydrogens is 332 g/mol. The molecule has 0 aliphatic carbocycles. The number of carbonyl (C=O) groups is 1. The van der Waals surface area contributed by atoms with E-state index in [9.17, 15) is 4.79 Å². The van der Waals surface area contributed by atoms with Crippen LogP contribution in [0.5, 0.6) is 5.75 Å². The number of nitrogens with zero attached hydrogens (tertiary/aromatic N) is 2. The predicted molar refractivity (Wildman–Crippen MR) is 96.6 cm³/mol. The zero-order valence-electron chi connectivity index (χ0n) is 15.4. The minimum absolute atomic E-state index is 0.0503. The van der Waals surface area contributed by atoms with Crippen LogP contribution in [-0.2, 0) is 20.9 Å². The molecule has 3 atom stereocenters. The van der Waals surface area contributed by atoms with Crippen LogP contribution >= 0.6 is 0 Å². The second-order valence-electron chi connectivity index (χ2n) is 7.46. The van der Waals surface area contributed by atoms with Crippen LogP contribution in [0.15, 0.2) is 24.3 Å². The summed E-state index contributed by atoms with van der Waals surface area (Å²) in [6.45, 7) is 3.75. The summed E-state index contributed by atoms with van der Waals surface area (Å²) in [7, 11) is 1.68. The highest BCUT2D eigenvalue weighted by atomic mass is 16.7. The van der Waals surface area contributed by atoms with E-state index in [1.807, 2.05) is 12.1 Å². The molecule has 0 saturated carbocycles. The van der Waals surface area contributed by atoms with Crippen LogP contribution in [0.3, 0.4) is 0 Å². The molecule has 1 amide bonds. The number of carbonyl (C=O) groups excluding carboxylic acids is 1. The predicted octanol–water partition coefficient (Wildman–Crippen LogP) is 2.23. The molecular formula is C20H28N2O4. The molecule has 1 aromatic rings. The van der Waals surface area contributed by atoms with E-state index in [2.05, 4.69) is 17.0 Å². The van der Waals surface area contributed by atoms with E-state index in [0.29, 0.717) is 19.2 Å². The first-order valence-electron chi connectivity index (χ1n) is 9.67. The lowest BCUT2D eigenvalue weighted by Crippen LogP contribution is -2.53. The molecule has 0 spiro atoms. The lowest BCUT2D eigenvalue weighted by molar-refractivity contribution is -0.204. The number of fused-ring (bicyclic) bond motifs is 1. The van der Waals surface area contributed by atoms with Crippen molar-refractivity contribution in [2.24, 2.45) is 5.92 Å². The second kappa shape index (κ2) is 7.94. The Morgan fingerprint density at radius 3 is 2.81 bits per heavy atom. The Morgan fingerprint density at radius 1 is 1.23 bits per heavy atom.